The quantitative estimate of drug-likeness (QED) is 0.814. The number of pyridine rings is 1. The summed E-state index contributed by atoms with van der Waals surface area (Å²) in [7, 11) is 0. The second kappa shape index (κ2) is 5.05. The highest BCUT2D eigenvalue weighted by molar-refractivity contribution is 5.84. The Morgan fingerprint density at radius 2 is 2.06 bits per heavy atom. The molecule has 0 saturated heterocycles. The number of aromatic nitrogens is 1. The number of benzene rings is 1. The van der Waals surface area contributed by atoms with E-state index in [1.807, 2.05) is 24.4 Å². The van der Waals surface area contributed by atoms with Crippen molar-refractivity contribution in [3.63, 3.8) is 0 Å². The molecule has 0 aliphatic heterocycles. The smallest absolute Gasteiger partial charge is 0.0582 e. The molecule has 0 aliphatic rings. The Bertz CT molecular complexity index is 465. The lowest BCUT2D eigenvalue weighted by Crippen LogP contribution is -2.24. The molecule has 2 aromatic rings. The third-order valence-electron chi connectivity index (χ3n) is 2.74. The van der Waals surface area contributed by atoms with Gasteiger partial charge in [0, 0.05) is 23.3 Å². The molecule has 0 saturated carbocycles. The highest BCUT2D eigenvalue weighted by Crippen LogP contribution is 2.17. The zero-order valence-corrected chi connectivity index (χ0v) is 9.13. The summed E-state index contributed by atoms with van der Waals surface area (Å²) < 4.78 is 0. The van der Waals surface area contributed by atoms with Crippen molar-refractivity contribution in [3.8, 4) is 0 Å². The zero-order valence-electron chi connectivity index (χ0n) is 9.13. The van der Waals surface area contributed by atoms with Gasteiger partial charge < -0.3 is 10.8 Å². The maximum atomic E-state index is 8.88. The van der Waals surface area contributed by atoms with Crippen LogP contribution in [0.1, 0.15) is 12.1 Å². The summed E-state index contributed by atoms with van der Waals surface area (Å²) in [5, 5.41) is 11.3. The van der Waals surface area contributed by atoms with Gasteiger partial charge in [-0.15, -0.1) is 0 Å². The largest absolute Gasteiger partial charge is 0.395 e. The summed E-state index contributed by atoms with van der Waals surface area (Å²) in [6.07, 6.45) is 3.39. The average Bonchev–Trinajstić information content (AvgIpc) is 2.35. The second-order valence-electron chi connectivity index (χ2n) is 3.96. The maximum Gasteiger partial charge on any atom is 0.0582 e. The fourth-order valence-electron chi connectivity index (χ4n) is 1.79. The normalized spacial score (nSPS) is 12.9. The second-order valence-corrected chi connectivity index (χ2v) is 3.96. The molecule has 84 valence electrons. The van der Waals surface area contributed by atoms with Crippen LogP contribution in [0.15, 0.2) is 36.5 Å². The average molecular weight is 216 g/mol. The van der Waals surface area contributed by atoms with Gasteiger partial charge in [-0.3, -0.25) is 4.98 Å². The van der Waals surface area contributed by atoms with Gasteiger partial charge in [0.1, 0.15) is 0 Å². The number of hydrogen-bond donors (Lipinski definition) is 2. The van der Waals surface area contributed by atoms with Crippen molar-refractivity contribution in [2.24, 2.45) is 5.73 Å². The van der Waals surface area contributed by atoms with Crippen LogP contribution in [0.25, 0.3) is 10.8 Å². The molecule has 1 aromatic heterocycles. The number of aliphatic hydroxyl groups is 1. The first-order chi connectivity index (χ1) is 7.81. The molecule has 3 nitrogen and oxygen atoms in total. The van der Waals surface area contributed by atoms with E-state index in [0.717, 1.165) is 18.5 Å². The molecule has 0 aliphatic carbocycles. The standard InChI is InChI=1S/C13H16N2O/c14-11(9-16)5-6-13-12-4-2-1-3-10(12)7-8-15-13/h1-4,7-8,11,16H,5-6,9,14H2. The minimum Gasteiger partial charge on any atom is -0.395 e. The molecule has 0 bridgehead atoms. The molecule has 0 spiro atoms. The highest BCUT2D eigenvalue weighted by atomic mass is 16.3. The Labute approximate surface area is 94.9 Å². The summed E-state index contributed by atoms with van der Waals surface area (Å²) in [6, 6.07) is 10.0. The van der Waals surface area contributed by atoms with Crippen LogP contribution in [0.3, 0.4) is 0 Å². The van der Waals surface area contributed by atoms with Crippen LogP contribution in [-0.2, 0) is 6.42 Å². The molecule has 2 rings (SSSR count). The van der Waals surface area contributed by atoms with E-state index in [9.17, 15) is 0 Å². The number of aryl methyl sites for hydroxylation is 1. The fraction of sp³-hybridized carbons (Fsp3) is 0.308. The molecule has 0 fully saturated rings. The van der Waals surface area contributed by atoms with Crippen LogP contribution in [0.5, 0.6) is 0 Å². The van der Waals surface area contributed by atoms with E-state index in [-0.39, 0.29) is 12.6 Å². The van der Waals surface area contributed by atoms with Gasteiger partial charge >= 0.3 is 0 Å². The van der Waals surface area contributed by atoms with Gasteiger partial charge in [-0.1, -0.05) is 24.3 Å². The number of nitrogens with two attached hydrogens (primary N) is 1. The molecular weight excluding hydrogens is 200 g/mol. The monoisotopic (exact) mass is 216 g/mol. The van der Waals surface area contributed by atoms with Crippen molar-refractivity contribution in [1.82, 2.24) is 4.98 Å². The van der Waals surface area contributed by atoms with E-state index >= 15 is 0 Å². The SMILES string of the molecule is NC(CO)CCc1nccc2ccccc12. The van der Waals surface area contributed by atoms with Gasteiger partial charge in [0.25, 0.3) is 0 Å². The Kier molecular flexibility index (Phi) is 3.49. The van der Waals surface area contributed by atoms with E-state index in [0.29, 0.717) is 0 Å². The molecule has 3 heteroatoms. The first-order valence-corrected chi connectivity index (χ1v) is 5.50. The Morgan fingerprint density at radius 1 is 1.25 bits per heavy atom. The zero-order chi connectivity index (χ0) is 11.4. The number of hydrogen-bond acceptors (Lipinski definition) is 3. The molecule has 1 atom stereocenters. The van der Waals surface area contributed by atoms with Crippen molar-refractivity contribution in [1.29, 1.82) is 0 Å². The Morgan fingerprint density at radius 3 is 2.88 bits per heavy atom. The molecule has 3 N–H and O–H groups in total. The van der Waals surface area contributed by atoms with Gasteiger partial charge in [-0.05, 0) is 24.3 Å². The van der Waals surface area contributed by atoms with Gasteiger partial charge in [0.15, 0.2) is 0 Å². The first kappa shape index (κ1) is 11.0. The summed E-state index contributed by atoms with van der Waals surface area (Å²) in [6.45, 7) is 0.0325. The third-order valence-corrected chi connectivity index (χ3v) is 2.74. The van der Waals surface area contributed by atoms with Crippen LogP contribution in [0.2, 0.25) is 0 Å². The number of rotatable bonds is 4. The number of nitrogens with zero attached hydrogens (tertiary/aromatic N) is 1. The molecule has 1 unspecified atom stereocenters. The predicted molar refractivity (Wildman–Crippen MR) is 65.1 cm³/mol. The highest BCUT2D eigenvalue weighted by Gasteiger charge is 2.05. The lowest BCUT2D eigenvalue weighted by molar-refractivity contribution is 0.260. The molecule has 0 amide bonds. The Balaban J connectivity index is 2.23. The van der Waals surface area contributed by atoms with Crippen molar-refractivity contribution in [2.75, 3.05) is 6.61 Å². The van der Waals surface area contributed by atoms with Crippen LogP contribution in [0.4, 0.5) is 0 Å². The van der Waals surface area contributed by atoms with Gasteiger partial charge in [-0.25, -0.2) is 0 Å². The summed E-state index contributed by atoms with van der Waals surface area (Å²) in [4.78, 5) is 4.38. The molecule has 16 heavy (non-hydrogen) atoms. The van der Waals surface area contributed by atoms with Gasteiger partial charge in [0.2, 0.25) is 0 Å². The third kappa shape index (κ3) is 2.38. The molecular formula is C13H16N2O. The topological polar surface area (TPSA) is 59.1 Å². The van der Waals surface area contributed by atoms with Crippen LogP contribution in [0, 0.1) is 0 Å². The van der Waals surface area contributed by atoms with Crippen molar-refractivity contribution in [2.45, 2.75) is 18.9 Å². The predicted octanol–water partition coefficient (Wildman–Crippen LogP) is 1.49. The first-order valence-electron chi connectivity index (χ1n) is 5.50. The van der Waals surface area contributed by atoms with E-state index in [1.54, 1.807) is 0 Å². The maximum absolute atomic E-state index is 8.88. The van der Waals surface area contributed by atoms with Crippen molar-refractivity contribution >= 4 is 10.8 Å². The fourth-order valence-corrected chi connectivity index (χ4v) is 1.79. The van der Waals surface area contributed by atoms with E-state index in [2.05, 4.69) is 17.1 Å². The minimum absolute atomic E-state index is 0.0325. The molecule has 1 heterocycles. The summed E-state index contributed by atoms with van der Waals surface area (Å²) in [5.41, 5.74) is 6.74. The summed E-state index contributed by atoms with van der Waals surface area (Å²) in [5.74, 6) is 0. The number of fused-ring (bicyclic) bond motifs is 1. The van der Waals surface area contributed by atoms with Gasteiger partial charge in [-0.2, -0.15) is 0 Å². The van der Waals surface area contributed by atoms with E-state index in [1.165, 1.54) is 10.8 Å². The van der Waals surface area contributed by atoms with Crippen LogP contribution in [-0.4, -0.2) is 22.7 Å². The van der Waals surface area contributed by atoms with Crippen molar-refractivity contribution < 1.29 is 5.11 Å². The van der Waals surface area contributed by atoms with Crippen LogP contribution >= 0.6 is 0 Å². The molecule has 0 radical (unpaired) electrons. The number of aliphatic hydroxyl groups excluding tert-OH is 1. The minimum atomic E-state index is -0.152. The van der Waals surface area contributed by atoms with E-state index < -0.39 is 0 Å². The Hall–Kier alpha value is -1.45. The van der Waals surface area contributed by atoms with Crippen molar-refractivity contribution in [3.05, 3.63) is 42.2 Å². The lowest BCUT2D eigenvalue weighted by Gasteiger charge is -2.09. The molecule has 1 aromatic carbocycles. The summed E-state index contributed by atoms with van der Waals surface area (Å²) >= 11 is 0. The van der Waals surface area contributed by atoms with Gasteiger partial charge in [0.05, 0.1) is 6.61 Å². The van der Waals surface area contributed by atoms with Crippen LogP contribution < -0.4 is 5.73 Å². The van der Waals surface area contributed by atoms with E-state index in [4.69, 9.17) is 10.8 Å². The lowest BCUT2D eigenvalue weighted by atomic mass is 10.0.